The minimum Gasteiger partial charge on any atom is -0.461 e. The first-order valence-corrected chi connectivity index (χ1v) is 4.88. The van der Waals surface area contributed by atoms with Crippen molar-refractivity contribution in [1.82, 2.24) is 10.1 Å². The van der Waals surface area contributed by atoms with Crippen LogP contribution in [0.4, 0.5) is 0 Å². The van der Waals surface area contributed by atoms with Crippen LogP contribution in [0.5, 0.6) is 0 Å². The molecule has 5 nitrogen and oxygen atoms in total. The molecule has 2 heterocycles. The van der Waals surface area contributed by atoms with E-state index in [9.17, 15) is 0 Å². The molecule has 2 rings (SSSR count). The second-order valence-corrected chi connectivity index (χ2v) is 3.34. The molecule has 2 N–H and O–H groups in total. The molecule has 2 aromatic rings. The summed E-state index contributed by atoms with van der Waals surface area (Å²) < 4.78 is 10.3. The molecule has 5 heteroatoms. The molecule has 0 spiro atoms. The maximum absolute atomic E-state index is 5.39. The van der Waals surface area contributed by atoms with Crippen LogP contribution in [0.1, 0.15) is 17.9 Å². The summed E-state index contributed by atoms with van der Waals surface area (Å²) in [5.41, 5.74) is 6.39. The first kappa shape index (κ1) is 9.92. The van der Waals surface area contributed by atoms with E-state index in [1.54, 1.807) is 6.26 Å². The molecule has 0 aliphatic heterocycles. The van der Waals surface area contributed by atoms with Gasteiger partial charge in [-0.05, 0) is 31.5 Å². The van der Waals surface area contributed by atoms with E-state index in [1.165, 1.54) is 0 Å². The predicted molar refractivity (Wildman–Crippen MR) is 54.1 cm³/mol. The molecule has 0 amide bonds. The molecule has 0 saturated carbocycles. The Balaban J connectivity index is 2.17. The van der Waals surface area contributed by atoms with Crippen LogP contribution in [0.2, 0.25) is 0 Å². The largest absolute Gasteiger partial charge is 0.461 e. The highest BCUT2D eigenvalue weighted by molar-refractivity contribution is 5.50. The molecule has 0 fully saturated rings. The summed E-state index contributed by atoms with van der Waals surface area (Å²) in [6.07, 6.45) is 3.17. The molecule has 0 bridgehead atoms. The fourth-order valence-electron chi connectivity index (χ4n) is 1.30. The summed E-state index contributed by atoms with van der Waals surface area (Å²) in [6, 6.07) is 1.87. The summed E-state index contributed by atoms with van der Waals surface area (Å²) in [7, 11) is 0. The number of hydrogen-bond donors (Lipinski definition) is 1. The third kappa shape index (κ3) is 2.07. The van der Waals surface area contributed by atoms with Gasteiger partial charge in [-0.25, -0.2) is 0 Å². The van der Waals surface area contributed by atoms with Crippen LogP contribution >= 0.6 is 0 Å². The zero-order valence-electron chi connectivity index (χ0n) is 8.56. The predicted octanol–water partition coefficient (Wildman–Crippen LogP) is 1.53. The number of nitrogens with two attached hydrogens (primary N) is 1. The van der Waals surface area contributed by atoms with E-state index >= 15 is 0 Å². The van der Waals surface area contributed by atoms with Gasteiger partial charge in [0.2, 0.25) is 11.7 Å². The average Bonchev–Trinajstić information content (AvgIpc) is 2.83. The van der Waals surface area contributed by atoms with Crippen LogP contribution in [0, 0.1) is 6.92 Å². The molecular weight excluding hydrogens is 194 g/mol. The molecule has 0 aliphatic rings. The zero-order chi connectivity index (χ0) is 10.7. The van der Waals surface area contributed by atoms with Crippen molar-refractivity contribution < 1.29 is 8.94 Å². The molecule has 0 atom stereocenters. The highest BCUT2D eigenvalue weighted by Gasteiger charge is 2.12. The standard InChI is InChI=1S/C10H13N3O2/c1-7-4-6-14-9(7)10-12-8(15-13-10)3-2-5-11/h4,6H,2-3,5,11H2,1H3. The van der Waals surface area contributed by atoms with Gasteiger partial charge in [0, 0.05) is 6.42 Å². The van der Waals surface area contributed by atoms with Crippen molar-refractivity contribution in [2.45, 2.75) is 19.8 Å². The minimum atomic E-state index is 0.504. The Morgan fingerprint density at radius 1 is 1.47 bits per heavy atom. The van der Waals surface area contributed by atoms with E-state index in [-0.39, 0.29) is 0 Å². The Hall–Kier alpha value is -1.62. The normalized spacial score (nSPS) is 10.8. The fourth-order valence-corrected chi connectivity index (χ4v) is 1.30. The van der Waals surface area contributed by atoms with E-state index < -0.39 is 0 Å². The van der Waals surface area contributed by atoms with Crippen molar-refractivity contribution in [3.05, 3.63) is 23.8 Å². The monoisotopic (exact) mass is 207 g/mol. The smallest absolute Gasteiger partial charge is 0.238 e. The maximum Gasteiger partial charge on any atom is 0.238 e. The Morgan fingerprint density at radius 2 is 2.33 bits per heavy atom. The quantitative estimate of drug-likeness (QED) is 0.822. The van der Waals surface area contributed by atoms with Crippen molar-refractivity contribution in [2.24, 2.45) is 5.73 Å². The molecule has 0 radical (unpaired) electrons. The molecule has 0 aromatic carbocycles. The first-order valence-electron chi connectivity index (χ1n) is 4.88. The number of hydrogen-bond acceptors (Lipinski definition) is 5. The molecular formula is C10H13N3O2. The minimum absolute atomic E-state index is 0.504. The lowest BCUT2D eigenvalue weighted by Crippen LogP contribution is -2.00. The summed E-state index contributed by atoms with van der Waals surface area (Å²) in [5.74, 6) is 1.77. The van der Waals surface area contributed by atoms with Gasteiger partial charge in [0.15, 0.2) is 5.76 Å². The van der Waals surface area contributed by atoms with E-state index in [4.69, 9.17) is 14.7 Å². The average molecular weight is 207 g/mol. The summed E-state index contributed by atoms with van der Waals surface area (Å²) >= 11 is 0. The molecule has 80 valence electrons. The summed E-state index contributed by atoms with van der Waals surface area (Å²) in [5, 5.41) is 3.85. The molecule has 0 aliphatic carbocycles. The van der Waals surface area contributed by atoms with Crippen LogP contribution in [-0.2, 0) is 6.42 Å². The van der Waals surface area contributed by atoms with Crippen LogP contribution in [0.25, 0.3) is 11.6 Å². The lowest BCUT2D eigenvalue weighted by Gasteiger charge is -1.89. The van der Waals surface area contributed by atoms with Crippen LogP contribution in [-0.4, -0.2) is 16.7 Å². The first-order chi connectivity index (χ1) is 7.31. The van der Waals surface area contributed by atoms with Gasteiger partial charge >= 0.3 is 0 Å². The lowest BCUT2D eigenvalue weighted by atomic mass is 10.3. The van der Waals surface area contributed by atoms with E-state index in [0.717, 1.165) is 12.0 Å². The van der Waals surface area contributed by atoms with E-state index in [0.29, 0.717) is 30.4 Å². The van der Waals surface area contributed by atoms with Crippen molar-refractivity contribution in [3.63, 3.8) is 0 Å². The van der Waals surface area contributed by atoms with Gasteiger partial charge in [-0.3, -0.25) is 0 Å². The maximum atomic E-state index is 5.39. The van der Waals surface area contributed by atoms with Crippen LogP contribution < -0.4 is 5.73 Å². The number of aromatic nitrogens is 2. The number of nitrogens with zero attached hydrogens (tertiary/aromatic N) is 2. The fraction of sp³-hybridized carbons (Fsp3) is 0.400. The Kier molecular flexibility index (Phi) is 2.82. The van der Waals surface area contributed by atoms with Crippen molar-refractivity contribution in [3.8, 4) is 11.6 Å². The molecule has 0 unspecified atom stereocenters. The van der Waals surface area contributed by atoms with Crippen LogP contribution in [0.3, 0.4) is 0 Å². The number of aryl methyl sites for hydroxylation is 2. The highest BCUT2D eigenvalue weighted by atomic mass is 16.5. The second-order valence-electron chi connectivity index (χ2n) is 3.34. The van der Waals surface area contributed by atoms with Gasteiger partial charge in [0.05, 0.1) is 6.26 Å². The van der Waals surface area contributed by atoms with Gasteiger partial charge in [-0.15, -0.1) is 0 Å². The third-order valence-electron chi connectivity index (χ3n) is 2.13. The zero-order valence-corrected chi connectivity index (χ0v) is 8.56. The van der Waals surface area contributed by atoms with Gasteiger partial charge < -0.3 is 14.7 Å². The van der Waals surface area contributed by atoms with Gasteiger partial charge in [0.25, 0.3) is 0 Å². The van der Waals surface area contributed by atoms with Gasteiger partial charge in [-0.2, -0.15) is 4.98 Å². The number of rotatable bonds is 4. The van der Waals surface area contributed by atoms with Crippen molar-refractivity contribution in [2.75, 3.05) is 6.54 Å². The van der Waals surface area contributed by atoms with E-state index in [2.05, 4.69) is 10.1 Å². The van der Waals surface area contributed by atoms with E-state index in [1.807, 2.05) is 13.0 Å². The van der Waals surface area contributed by atoms with Crippen molar-refractivity contribution in [1.29, 1.82) is 0 Å². The third-order valence-corrected chi connectivity index (χ3v) is 2.13. The number of furan rings is 1. The van der Waals surface area contributed by atoms with Gasteiger partial charge in [0.1, 0.15) is 0 Å². The molecule has 2 aromatic heterocycles. The Morgan fingerprint density at radius 3 is 3.00 bits per heavy atom. The topological polar surface area (TPSA) is 78.1 Å². The van der Waals surface area contributed by atoms with Crippen molar-refractivity contribution >= 4 is 0 Å². The highest BCUT2D eigenvalue weighted by Crippen LogP contribution is 2.21. The summed E-state index contributed by atoms with van der Waals surface area (Å²) in [6.45, 7) is 2.56. The lowest BCUT2D eigenvalue weighted by molar-refractivity contribution is 0.375. The van der Waals surface area contributed by atoms with Crippen LogP contribution in [0.15, 0.2) is 21.3 Å². The molecule has 0 saturated heterocycles. The van der Waals surface area contributed by atoms with Gasteiger partial charge in [-0.1, -0.05) is 5.16 Å². The Bertz CT molecular complexity index is 433. The Labute approximate surface area is 87.3 Å². The SMILES string of the molecule is Cc1ccoc1-c1noc(CCCN)n1. The summed E-state index contributed by atoms with van der Waals surface area (Å²) in [4.78, 5) is 4.22. The second kappa shape index (κ2) is 4.27. The molecule has 15 heavy (non-hydrogen) atoms.